The maximum Gasteiger partial charge on any atom is 0.500 e. The Kier molecular flexibility index (Phi) is 14.4. The molecule has 1 atom stereocenters. The monoisotopic (exact) mass is 432 g/mol. The van der Waals surface area contributed by atoms with E-state index in [1.165, 1.54) is 25.7 Å². The zero-order valence-electron chi connectivity index (χ0n) is 13.1. The summed E-state index contributed by atoms with van der Waals surface area (Å²) in [7, 11) is -2.40. The van der Waals surface area contributed by atoms with Crippen LogP contribution in [0, 0.1) is 0 Å². The minimum absolute atomic E-state index is 0.603. The van der Waals surface area contributed by atoms with E-state index in [0.717, 1.165) is 17.8 Å². The van der Waals surface area contributed by atoms with E-state index in [4.69, 9.17) is 13.3 Å². The average molecular weight is 434 g/mol. The maximum atomic E-state index is 5.85. The van der Waals surface area contributed by atoms with Gasteiger partial charge in [-0.15, -0.1) is 0 Å². The van der Waals surface area contributed by atoms with Crippen molar-refractivity contribution in [3.8, 4) is 0 Å². The van der Waals surface area contributed by atoms with Gasteiger partial charge in [-0.05, 0) is 33.6 Å². The molecule has 0 N–H and O–H groups in total. The van der Waals surface area contributed by atoms with Crippen molar-refractivity contribution in [3.63, 3.8) is 0 Å². The lowest BCUT2D eigenvalue weighted by atomic mass is 10.1. The number of hydrogen-bond donors (Lipinski definition) is 0. The Morgan fingerprint density at radius 3 is 1.80 bits per heavy atom. The van der Waals surface area contributed by atoms with E-state index in [0.29, 0.717) is 24.6 Å². The lowest BCUT2D eigenvalue weighted by Gasteiger charge is -2.28. The molecule has 3 nitrogen and oxygen atoms in total. The average Bonchev–Trinajstić information content (AvgIpc) is 2.43. The smallest absolute Gasteiger partial charge is 0.374 e. The molecule has 6 heteroatoms. The lowest BCUT2D eigenvalue weighted by molar-refractivity contribution is 0.0706. The van der Waals surface area contributed by atoms with Gasteiger partial charge in [0.15, 0.2) is 0 Å². The second-order valence-corrected chi connectivity index (χ2v) is 9.36. The van der Waals surface area contributed by atoms with Gasteiger partial charge in [0, 0.05) is 36.0 Å². The van der Waals surface area contributed by atoms with Gasteiger partial charge in [-0.1, -0.05) is 51.1 Å². The summed E-state index contributed by atoms with van der Waals surface area (Å²) >= 11 is 7.12. The molecule has 1 unspecified atom stereocenters. The van der Waals surface area contributed by atoms with Crippen molar-refractivity contribution in [2.45, 2.75) is 63.7 Å². The highest BCUT2D eigenvalue weighted by atomic mass is 79.9. The first kappa shape index (κ1) is 21.1. The fourth-order valence-corrected chi connectivity index (χ4v) is 5.47. The molecule has 0 aliphatic carbocycles. The number of halogens is 2. The largest absolute Gasteiger partial charge is 0.500 e. The van der Waals surface area contributed by atoms with Crippen LogP contribution in [-0.4, -0.2) is 38.8 Å². The van der Waals surface area contributed by atoms with E-state index in [1.54, 1.807) is 0 Å². The molecule has 0 aromatic heterocycles. The summed E-state index contributed by atoms with van der Waals surface area (Å²) < 4.78 is 17.6. The Hall–Kier alpha value is 1.06. The minimum atomic E-state index is -2.40. The van der Waals surface area contributed by atoms with Gasteiger partial charge in [0.1, 0.15) is 0 Å². The molecule has 0 spiro atoms. The van der Waals surface area contributed by atoms with Crippen LogP contribution in [-0.2, 0) is 13.3 Å². The summed E-state index contributed by atoms with van der Waals surface area (Å²) in [6, 6.07) is 0.943. The fourth-order valence-electron chi connectivity index (χ4n) is 2.14. The highest BCUT2D eigenvalue weighted by Crippen LogP contribution is 2.21. The molecule has 122 valence electrons. The van der Waals surface area contributed by atoms with Crippen LogP contribution in [0.3, 0.4) is 0 Å². The number of alkyl halides is 2. The van der Waals surface area contributed by atoms with Crippen LogP contribution in [0.5, 0.6) is 0 Å². The Morgan fingerprint density at radius 1 is 0.850 bits per heavy atom. The van der Waals surface area contributed by atoms with Gasteiger partial charge in [0.25, 0.3) is 0 Å². The van der Waals surface area contributed by atoms with Crippen molar-refractivity contribution in [2.24, 2.45) is 0 Å². The standard InChI is InChI=1S/C14H30Br2O3Si/c1-4-17-20(18-5-2,19-6-3)12-10-8-7-9-11-14(16)13-15/h14H,4-13H2,1-3H3. The van der Waals surface area contributed by atoms with Crippen molar-refractivity contribution in [1.29, 1.82) is 0 Å². The Balaban J connectivity index is 3.94. The van der Waals surface area contributed by atoms with Crippen molar-refractivity contribution in [1.82, 2.24) is 0 Å². The molecule has 0 bridgehead atoms. The van der Waals surface area contributed by atoms with Crippen LogP contribution >= 0.6 is 31.9 Å². The fraction of sp³-hybridized carbons (Fsp3) is 1.00. The summed E-state index contributed by atoms with van der Waals surface area (Å²) in [5, 5.41) is 1.03. The summed E-state index contributed by atoms with van der Waals surface area (Å²) in [6.45, 7) is 8.04. The summed E-state index contributed by atoms with van der Waals surface area (Å²) in [5.41, 5.74) is 0. The van der Waals surface area contributed by atoms with Gasteiger partial charge >= 0.3 is 8.80 Å². The van der Waals surface area contributed by atoms with Gasteiger partial charge in [0.05, 0.1) is 0 Å². The van der Waals surface area contributed by atoms with Crippen molar-refractivity contribution in [3.05, 3.63) is 0 Å². The molecular formula is C14H30Br2O3Si. The summed E-state index contributed by atoms with van der Waals surface area (Å²) in [6.07, 6.45) is 6.13. The zero-order valence-corrected chi connectivity index (χ0v) is 17.3. The van der Waals surface area contributed by atoms with Crippen LogP contribution in [0.1, 0.15) is 52.9 Å². The second-order valence-electron chi connectivity index (χ2n) is 4.69. The molecule has 0 saturated heterocycles. The highest BCUT2D eigenvalue weighted by Gasteiger charge is 2.39. The zero-order chi connectivity index (χ0) is 15.3. The van der Waals surface area contributed by atoms with E-state index in [1.807, 2.05) is 20.8 Å². The van der Waals surface area contributed by atoms with Gasteiger partial charge in [-0.2, -0.15) is 0 Å². The first-order chi connectivity index (χ1) is 9.64. The molecule has 0 amide bonds. The molecule has 20 heavy (non-hydrogen) atoms. The minimum Gasteiger partial charge on any atom is -0.374 e. The molecule has 0 aromatic rings. The van der Waals surface area contributed by atoms with E-state index >= 15 is 0 Å². The van der Waals surface area contributed by atoms with Crippen LogP contribution in [0.4, 0.5) is 0 Å². The van der Waals surface area contributed by atoms with Gasteiger partial charge < -0.3 is 13.3 Å². The molecule has 0 saturated carbocycles. The lowest BCUT2D eigenvalue weighted by Crippen LogP contribution is -2.45. The molecule has 0 radical (unpaired) electrons. The topological polar surface area (TPSA) is 27.7 Å². The number of hydrogen-bond acceptors (Lipinski definition) is 3. The van der Waals surface area contributed by atoms with E-state index < -0.39 is 8.80 Å². The molecule has 0 rings (SSSR count). The first-order valence-corrected chi connectivity index (χ1v) is 11.7. The van der Waals surface area contributed by atoms with Crippen LogP contribution in [0.2, 0.25) is 6.04 Å². The van der Waals surface area contributed by atoms with Gasteiger partial charge in [0.2, 0.25) is 0 Å². The predicted octanol–water partition coefficient (Wildman–Crippen LogP) is 5.14. The van der Waals surface area contributed by atoms with E-state index in [2.05, 4.69) is 31.9 Å². The third-order valence-electron chi connectivity index (χ3n) is 3.01. The molecule has 0 aliphatic rings. The molecule has 0 heterocycles. The third-order valence-corrected chi connectivity index (χ3v) is 8.59. The van der Waals surface area contributed by atoms with E-state index in [-0.39, 0.29) is 0 Å². The maximum absolute atomic E-state index is 5.85. The van der Waals surface area contributed by atoms with Crippen LogP contribution in [0.15, 0.2) is 0 Å². The second kappa shape index (κ2) is 13.7. The first-order valence-electron chi connectivity index (χ1n) is 7.76. The molecule has 0 aliphatic heterocycles. The SMILES string of the molecule is CCO[Si](CCCCCCC(Br)CBr)(OCC)OCC. The Bertz CT molecular complexity index is 204. The predicted molar refractivity (Wildman–Crippen MR) is 95.0 cm³/mol. The normalized spacial score (nSPS) is 13.7. The highest BCUT2D eigenvalue weighted by molar-refractivity contribution is 9.12. The number of unbranched alkanes of at least 4 members (excludes halogenated alkanes) is 3. The van der Waals surface area contributed by atoms with Crippen molar-refractivity contribution in [2.75, 3.05) is 25.2 Å². The van der Waals surface area contributed by atoms with Crippen molar-refractivity contribution >= 4 is 40.7 Å². The van der Waals surface area contributed by atoms with Gasteiger partial charge in [-0.3, -0.25) is 0 Å². The molecular weight excluding hydrogens is 404 g/mol. The Labute approximate surface area is 142 Å². The van der Waals surface area contributed by atoms with Crippen molar-refractivity contribution < 1.29 is 13.3 Å². The van der Waals surface area contributed by atoms with E-state index in [9.17, 15) is 0 Å². The van der Waals surface area contributed by atoms with Crippen LogP contribution in [0.25, 0.3) is 0 Å². The summed E-state index contributed by atoms with van der Waals surface area (Å²) in [4.78, 5) is 0.603. The van der Waals surface area contributed by atoms with Gasteiger partial charge in [-0.25, -0.2) is 0 Å². The quantitative estimate of drug-likeness (QED) is 0.215. The number of rotatable bonds is 14. The Morgan fingerprint density at radius 2 is 1.35 bits per heavy atom. The van der Waals surface area contributed by atoms with Crippen LogP contribution < -0.4 is 0 Å². The molecule has 0 aromatic carbocycles. The summed E-state index contributed by atoms with van der Waals surface area (Å²) in [5.74, 6) is 0. The molecule has 0 fully saturated rings. The third kappa shape index (κ3) is 9.90.